The van der Waals surface area contributed by atoms with Gasteiger partial charge in [-0.2, -0.15) is 0 Å². The average molecular weight is 1350 g/mol. The first-order chi connectivity index (χ1) is 47.9. The molecule has 21 rings (SSSR count). The highest BCUT2D eigenvalue weighted by atomic mass is 32.1. The SMILES string of the molecule is Cc1ccc2oc3ccncc3c2n1.Cc1ccc2oc3ncccc3c2n1.Cc1ccc2sc3ccncc3c2n1.Cc1ccc2sc3cnccc3c2n1.Cc1ccc2sc3ncccc3c2n1.Cc1nccc2oc3cccnc3c12.Cc1nccc2sc3cccnc3c12. The van der Waals surface area contributed by atoms with E-state index in [9.17, 15) is 0 Å². The van der Waals surface area contributed by atoms with Gasteiger partial charge in [-0.15, -0.1) is 45.3 Å². The molecule has 476 valence electrons. The highest BCUT2D eigenvalue weighted by Crippen LogP contribution is 2.36. The second-order valence-electron chi connectivity index (χ2n) is 22.8. The summed E-state index contributed by atoms with van der Waals surface area (Å²) in [6.45, 7) is 14.0. The minimum Gasteiger partial charge on any atom is -0.454 e. The smallest absolute Gasteiger partial charge is 0.228 e. The van der Waals surface area contributed by atoms with Crippen molar-refractivity contribution in [2.24, 2.45) is 0 Å². The molecule has 21 aromatic rings. The summed E-state index contributed by atoms with van der Waals surface area (Å²) in [5, 5.41) is 7.71. The molecule has 98 heavy (non-hydrogen) atoms. The number of hydrogen-bond acceptors (Lipinski definition) is 21. The fourth-order valence-electron chi connectivity index (χ4n) is 11.3. The molecule has 0 saturated heterocycles. The van der Waals surface area contributed by atoms with Gasteiger partial charge in [0.1, 0.15) is 32.5 Å². The van der Waals surface area contributed by atoms with Gasteiger partial charge in [0.05, 0.1) is 67.4 Å². The largest absolute Gasteiger partial charge is 0.454 e. The molecule has 0 aliphatic heterocycles. The van der Waals surface area contributed by atoms with E-state index in [0.717, 1.165) is 138 Å². The minimum absolute atomic E-state index is 0.653. The number of hydrogen-bond donors (Lipinski definition) is 0. The van der Waals surface area contributed by atoms with Gasteiger partial charge in [0.15, 0.2) is 16.7 Å². The van der Waals surface area contributed by atoms with E-state index in [-0.39, 0.29) is 0 Å². The number of furan rings is 3. The maximum absolute atomic E-state index is 5.63. The number of fused-ring (bicyclic) bond motifs is 21. The van der Waals surface area contributed by atoms with Crippen molar-refractivity contribution in [1.82, 2.24) is 69.8 Å². The second-order valence-corrected chi connectivity index (χ2v) is 27.1. The molecule has 21 aromatic heterocycles. The summed E-state index contributed by atoms with van der Waals surface area (Å²) in [5.74, 6) is 0. The molecule has 21 heteroatoms. The van der Waals surface area contributed by atoms with E-state index >= 15 is 0 Å². The molecule has 17 nitrogen and oxygen atoms in total. The van der Waals surface area contributed by atoms with Crippen LogP contribution in [0.5, 0.6) is 0 Å². The van der Waals surface area contributed by atoms with Crippen molar-refractivity contribution in [1.29, 1.82) is 0 Å². The molecule has 0 N–H and O–H groups in total. The first-order valence-electron chi connectivity index (χ1n) is 31.1. The summed E-state index contributed by atoms with van der Waals surface area (Å²) in [7, 11) is 0. The van der Waals surface area contributed by atoms with Gasteiger partial charge in [0.25, 0.3) is 0 Å². The quantitative estimate of drug-likeness (QED) is 0.138. The van der Waals surface area contributed by atoms with Crippen molar-refractivity contribution in [2.75, 3.05) is 0 Å². The third-order valence-corrected chi connectivity index (χ3v) is 20.3. The van der Waals surface area contributed by atoms with Gasteiger partial charge in [0, 0.05) is 139 Å². The predicted molar refractivity (Wildman–Crippen MR) is 401 cm³/mol. The molecular formula is C77H56N14O3S4. The maximum Gasteiger partial charge on any atom is 0.228 e. The van der Waals surface area contributed by atoms with Crippen LogP contribution in [-0.4, -0.2) is 69.8 Å². The van der Waals surface area contributed by atoms with Crippen LogP contribution < -0.4 is 0 Å². The van der Waals surface area contributed by atoms with Crippen molar-refractivity contribution < 1.29 is 13.3 Å². The van der Waals surface area contributed by atoms with Crippen molar-refractivity contribution in [2.45, 2.75) is 48.5 Å². The summed E-state index contributed by atoms with van der Waals surface area (Å²) in [4.78, 5) is 61.5. The lowest BCUT2D eigenvalue weighted by atomic mass is 10.2. The molecule has 0 aliphatic carbocycles. The standard InChI is InChI=1S/3C11H8N2O.4C11H8N2S/c1-7-2-3-10-11(13-7)8-6-12-5-4-9(8)14-10;1-7-4-5-9-10(13-7)8-3-2-6-12-11(8)14-9;1-7-10-8(4-6-12-7)14-9-3-2-5-13-11(9)10;1-7-2-3-10-11(13-7)8-6-12-5-4-9(8)14-10;1-7-2-3-9-11(13-7)8-4-5-12-6-10(8)14-9;1-7-4-5-9-10(13-7)8-3-2-6-12-11(8)14-9;1-7-10-8(4-6-12-7)14-9-3-2-5-13-11(9)10/h7*2-6H,1H3. The van der Waals surface area contributed by atoms with Gasteiger partial charge in [-0.1, -0.05) is 0 Å². The van der Waals surface area contributed by atoms with E-state index in [1.54, 1.807) is 76.3 Å². The van der Waals surface area contributed by atoms with Crippen molar-refractivity contribution >= 4 is 193 Å². The molecule has 0 unspecified atom stereocenters. The molecule has 0 spiro atoms. The highest BCUT2D eigenvalue weighted by molar-refractivity contribution is 7.26. The Morgan fingerprint density at radius 3 is 1.48 bits per heavy atom. The van der Waals surface area contributed by atoms with Crippen LogP contribution in [0, 0.1) is 48.5 Å². The molecule has 0 atom stereocenters. The monoisotopic (exact) mass is 1350 g/mol. The van der Waals surface area contributed by atoms with Crippen LogP contribution in [0.2, 0.25) is 0 Å². The molecule has 0 aliphatic rings. The van der Waals surface area contributed by atoms with Gasteiger partial charge < -0.3 is 13.3 Å². The normalized spacial score (nSPS) is 11.2. The Labute approximate surface area is 574 Å². The van der Waals surface area contributed by atoms with Gasteiger partial charge in [-0.3, -0.25) is 49.8 Å². The Hall–Kier alpha value is -11.6. The Morgan fingerprint density at radius 1 is 0.255 bits per heavy atom. The highest BCUT2D eigenvalue weighted by Gasteiger charge is 2.14. The molecule has 0 amide bonds. The maximum atomic E-state index is 5.63. The van der Waals surface area contributed by atoms with Crippen LogP contribution in [0.15, 0.2) is 227 Å². The van der Waals surface area contributed by atoms with Gasteiger partial charge in [0.2, 0.25) is 5.71 Å². The van der Waals surface area contributed by atoms with Crippen molar-refractivity contribution in [3.05, 3.63) is 254 Å². The molecule has 0 saturated carbocycles. The molecule has 0 aromatic carbocycles. The Morgan fingerprint density at radius 2 is 0.735 bits per heavy atom. The molecular weight excluding hydrogens is 1300 g/mol. The number of rotatable bonds is 0. The van der Waals surface area contributed by atoms with Gasteiger partial charge in [-0.05, 0) is 188 Å². The summed E-state index contributed by atoms with van der Waals surface area (Å²) in [6, 6.07) is 45.8. The molecule has 21 heterocycles. The molecule has 0 fully saturated rings. The summed E-state index contributed by atoms with van der Waals surface area (Å²) in [5.41, 5.74) is 19.0. The topological polar surface area (TPSA) is 220 Å². The van der Waals surface area contributed by atoms with E-state index < -0.39 is 0 Å². The van der Waals surface area contributed by atoms with Crippen LogP contribution in [-0.2, 0) is 0 Å². The molecule has 0 bridgehead atoms. The van der Waals surface area contributed by atoms with Crippen LogP contribution in [0.25, 0.3) is 148 Å². The zero-order chi connectivity index (χ0) is 66.8. The zero-order valence-corrected chi connectivity index (χ0v) is 57.1. The third-order valence-electron chi connectivity index (χ3n) is 15.9. The van der Waals surface area contributed by atoms with Crippen LogP contribution >= 0.6 is 45.3 Å². The number of aromatic nitrogens is 14. The van der Waals surface area contributed by atoms with Crippen LogP contribution in [0.1, 0.15) is 39.9 Å². The lowest BCUT2D eigenvalue weighted by Gasteiger charge is -1.93. The van der Waals surface area contributed by atoms with E-state index in [1.165, 1.54) is 43.7 Å². The van der Waals surface area contributed by atoms with Crippen molar-refractivity contribution in [3.63, 3.8) is 0 Å². The van der Waals surface area contributed by atoms with E-state index in [2.05, 4.69) is 106 Å². The lowest BCUT2D eigenvalue weighted by molar-refractivity contribution is 0.653. The van der Waals surface area contributed by atoms with E-state index in [4.69, 9.17) is 13.3 Å². The van der Waals surface area contributed by atoms with Crippen LogP contribution in [0.4, 0.5) is 0 Å². The first-order valence-corrected chi connectivity index (χ1v) is 34.4. The Balaban J connectivity index is 0.0000000933. The van der Waals surface area contributed by atoms with E-state index in [1.807, 2.05) is 195 Å². The summed E-state index contributed by atoms with van der Waals surface area (Å²) in [6.07, 6.45) is 21.7. The summed E-state index contributed by atoms with van der Waals surface area (Å²) < 4.78 is 25.4. The Bertz CT molecular complexity index is 5730. The van der Waals surface area contributed by atoms with Gasteiger partial charge >= 0.3 is 0 Å². The first kappa shape index (κ1) is 62.5. The van der Waals surface area contributed by atoms with Crippen molar-refractivity contribution in [3.8, 4) is 0 Å². The fourth-order valence-corrected chi connectivity index (χ4v) is 15.4. The molecule has 0 radical (unpaired) electrons. The lowest BCUT2D eigenvalue weighted by Crippen LogP contribution is -1.80. The fraction of sp³-hybridized carbons (Fsp3) is 0.0909. The average Bonchev–Trinajstić information content (AvgIpc) is 1.66. The summed E-state index contributed by atoms with van der Waals surface area (Å²) >= 11 is 6.98. The number of nitrogens with zero attached hydrogens (tertiary/aromatic N) is 14. The minimum atomic E-state index is 0.653. The predicted octanol–water partition coefficient (Wildman–Crippen LogP) is 20.7. The number of thiophene rings is 4. The van der Waals surface area contributed by atoms with Crippen LogP contribution in [0.3, 0.4) is 0 Å². The Kier molecular flexibility index (Phi) is 17.4. The van der Waals surface area contributed by atoms with E-state index in [0.29, 0.717) is 5.71 Å². The zero-order valence-electron chi connectivity index (χ0n) is 53.8. The number of pyridine rings is 14. The number of aryl methyl sites for hydroxylation is 7. The van der Waals surface area contributed by atoms with Gasteiger partial charge in [-0.25, -0.2) is 19.9 Å². The third kappa shape index (κ3) is 12.8. The second kappa shape index (κ2) is 27.2.